The Morgan fingerprint density at radius 2 is 2.08 bits per heavy atom. The molecule has 0 saturated carbocycles. The first-order valence-electron chi connectivity index (χ1n) is 12.2. The fourth-order valence-corrected chi connectivity index (χ4v) is 5.33. The van der Waals surface area contributed by atoms with Crippen molar-refractivity contribution in [1.82, 2.24) is 14.6 Å². The summed E-state index contributed by atoms with van der Waals surface area (Å²) in [6, 6.07) is 7.93. The first kappa shape index (κ1) is 30.1. The van der Waals surface area contributed by atoms with E-state index in [4.69, 9.17) is 18.5 Å². The molecule has 0 bridgehead atoms. The number of carbonyl (C=O) groups is 1. The fraction of sp³-hybridized carbons (Fsp3) is 0.522. The maximum atomic E-state index is 13.8. The van der Waals surface area contributed by atoms with Crippen molar-refractivity contribution in [3.8, 4) is 5.75 Å². The zero-order valence-corrected chi connectivity index (χ0v) is 22.5. The molecule has 1 aliphatic heterocycles. The third-order valence-electron chi connectivity index (χ3n) is 5.93. The third kappa shape index (κ3) is 7.35. The summed E-state index contributed by atoms with van der Waals surface area (Å²) < 4.78 is 37.0. The van der Waals surface area contributed by atoms with Gasteiger partial charge in [0.15, 0.2) is 5.72 Å². The predicted molar refractivity (Wildman–Crippen MR) is 138 cm³/mol. The van der Waals surface area contributed by atoms with Crippen LogP contribution in [0.15, 0.2) is 57.3 Å². The van der Waals surface area contributed by atoms with Crippen molar-refractivity contribution in [2.45, 2.75) is 57.7 Å². The molecule has 0 spiro atoms. The first-order chi connectivity index (χ1) is 18.5. The summed E-state index contributed by atoms with van der Waals surface area (Å²) in [4.78, 5) is 41.1. The van der Waals surface area contributed by atoms with Gasteiger partial charge in [0.1, 0.15) is 18.0 Å². The van der Waals surface area contributed by atoms with Crippen LogP contribution in [0.4, 0.5) is 0 Å². The van der Waals surface area contributed by atoms with Gasteiger partial charge in [-0.05, 0) is 31.0 Å². The van der Waals surface area contributed by atoms with Crippen LogP contribution < -0.4 is 20.9 Å². The van der Waals surface area contributed by atoms with Crippen molar-refractivity contribution in [3.63, 3.8) is 0 Å². The first-order valence-corrected chi connectivity index (χ1v) is 13.8. The SMILES string of the molecule is CCCCOC(=O)[C@H](C)NP(=O)(OC[C@@]1(N=[N+]=[N-])O[C@@H](n2ccc(=O)[nH]c2=O)[C@@H](C)[C@@H]1O)Oc1ccccc1. The van der Waals surface area contributed by atoms with Gasteiger partial charge in [-0.1, -0.05) is 43.6 Å². The lowest BCUT2D eigenvalue weighted by molar-refractivity contribution is -0.145. The van der Waals surface area contributed by atoms with Crippen molar-refractivity contribution >= 4 is 13.7 Å². The van der Waals surface area contributed by atoms with E-state index in [9.17, 15) is 29.6 Å². The van der Waals surface area contributed by atoms with E-state index in [2.05, 4.69) is 20.1 Å². The van der Waals surface area contributed by atoms with Crippen molar-refractivity contribution in [2.24, 2.45) is 11.0 Å². The quantitative estimate of drug-likeness (QED) is 0.0806. The number of ether oxygens (including phenoxy) is 2. The minimum absolute atomic E-state index is 0.136. The van der Waals surface area contributed by atoms with E-state index in [-0.39, 0.29) is 12.4 Å². The van der Waals surface area contributed by atoms with Crippen LogP contribution in [-0.4, -0.2) is 51.7 Å². The van der Waals surface area contributed by atoms with Crippen LogP contribution in [0.2, 0.25) is 0 Å². The second-order valence-electron chi connectivity index (χ2n) is 8.91. The van der Waals surface area contributed by atoms with Gasteiger partial charge in [-0.2, -0.15) is 5.09 Å². The van der Waals surface area contributed by atoms with Crippen LogP contribution in [0.3, 0.4) is 0 Å². The number of azide groups is 1. The van der Waals surface area contributed by atoms with Gasteiger partial charge in [-0.15, -0.1) is 0 Å². The highest BCUT2D eigenvalue weighted by Crippen LogP contribution is 2.49. The van der Waals surface area contributed by atoms with E-state index in [0.717, 1.165) is 17.1 Å². The summed E-state index contributed by atoms with van der Waals surface area (Å²) in [6.07, 6.45) is -0.109. The molecule has 2 heterocycles. The molecule has 0 amide bonds. The Balaban J connectivity index is 1.88. The number of hydrogen-bond acceptors (Lipinski definition) is 10. The van der Waals surface area contributed by atoms with Crippen LogP contribution in [-0.2, 0) is 23.4 Å². The van der Waals surface area contributed by atoms with Crippen LogP contribution in [0.1, 0.15) is 39.8 Å². The molecule has 1 aromatic heterocycles. The molecule has 0 radical (unpaired) electrons. The molecule has 6 atom stereocenters. The maximum absolute atomic E-state index is 13.8. The topological polar surface area (TPSA) is 207 Å². The zero-order valence-electron chi connectivity index (χ0n) is 21.6. The van der Waals surface area contributed by atoms with Gasteiger partial charge in [0.25, 0.3) is 5.56 Å². The Morgan fingerprint density at radius 1 is 1.36 bits per heavy atom. The predicted octanol–water partition coefficient (Wildman–Crippen LogP) is 2.59. The molecule has 1 aromatic carbocycles. The van der Waals surface area contributed by atoms with Gasteiger partial charge in [-0.25, -0.2) is 9.36 Å². The summed E-state index contributed by atoms with van der Waals surface area (Å²) in [5.74, 6) is -1.41. The Hall–Kier alpha value is -3.45. The molecule has 1 unspecified atom stereocenters. The number of rotatable bonds is 13. The van der Waals surface area contributed by atoms with Gasteiger partial charge in [-0.3, -0.25) is 23.7 Å². The Morgan fingerprint density at radius 3 is 2.72 bits per heavy atom. The van der Waals surface area contributed by atoms with Gasteiger partial charge in [0.2, 0.25) is 0 Å². The normalized spacial score (nSPS) is 24.8. The fourth-order valence-electron chi connectivity index (χ4n) is 3.82. The molecule has 1 fully saturated rings. The number of carbonyl (C=O) groups excluding carboxylic acids is 1. The number of H-pyrrole nitrogens is 1. The highest BCUT2D eigenvalue weighted by molar-refractivity contribution is 7.52. The standard InChI is InChI=1S/C23H31N6O9P/c1-4-5-13-35-21(32)16(3)26-39(34,38-17-9-7-6-8-10-17)36-14-23(27-28-24)19(31)15(2)20(37-23)29-12-11-18(30)25-22(29)33/h6-12,15-16,19-20,31H,4-5,13-14H2,1-3H3,(H,26,34)(H,25,30,33)/t15-,16-,19-,20+,23+,39?/m0/s1. The number of benzene rings is 1. The average Bonchev–Trinajstić information content (AvgIpc) is 3.14. The van der Waals surface area contributed by atoms with Gasteiger partial charge in [0.05, 0.1) is 19.3 Å². The Bertz CT molecular complexity index is 1350. The summed E-state index contributed by atoms with van der Waals surface area (Å²) >= 11 is 0. The second-order valence-corrected chi connectivity index (χ2v) is 10.6. The average molecular weight is 567 g/mol. The lowest BCUT2D eigenvalue weighted by atomic mass is 9.98. The Labute approximate surface area is 223 Å². The smallest absolute Gasteiger partial charge is 0.459 e. The monoisotopic (exact) mass is 566 g/mol. The number of aromatic amines is 1. The molecule has 16 heteroatoms. The van der Waals surface area contributed by atoms with Gasteiger partial charge < -0.3 is 19.1 Å². The maximum Gasteiger partial charge on any atom is 0.459 e. The molecule has 1 aliphatic rings. The molecule has 39 heavy (non-hydrogen) atoms. The molecule has 1 saturated heterocycles. The van der Waals surface area contributed by atoms with Crippen LogP contribution in [0.25, 0.3) is 10.4 Å². The van der Waals surface area contributed by atoms with E-state index in [1.165, 1.54) is 32.2 Å². The lowest BCUT2D eigenvalue weighted by Gasteiger charge is -2.30. The minimum Gasteiger partial charge on any atom is -0.465 e. The van der Waals surface area contributed by atoms with Crippen LogP contribution in [0, 0.1) is 5.92 Å². The summed E-state index contributed by atoms with van der Waals surface area (Å²) in [5, 5.41) is 17.1. The van der Waals surface area contributed by atoms with Gasteiger partial charge >= 0.3 is 19.4 Å². The molecule has 3 N–H and O–H groups in total. The number of nitrogens with one attached hydrogen (secondary N) is 2. The van der Waals surface area contributed by atoms with Gasteiger partial charge in [0, 0.05) is 23.1 Å². The molecule has 2 aromatic rings. The van der Waals surface area contributed by atoms with E-state index in [1.807, 2.05) is 6.92 Å². The molecular formula is C23H31N6O9P. The van der Waals surface area contributed by atoms with Crippen molar-refractivity contribution in [3.05, 3.63) is 73.9 Å². The number of nitrogens with zero attached hydrogens (tertiary/aromatic N) is 4. The lowest BCUT2D eigenvalue weighted by Crippen LogP contribution is -2.44. The molecule has 3 rings (SSSR count). The third-order valence-corrected chi connectivity index (χ3v) is 7.56. The highest BCUT2D eigenvalue weighted by atomic mass is 31.2. The molecule has 15 nitrogen and oxygen atoms in total. The van der Waals surface area contributed by atoms with E-state index >= 15 is 0 Å². The van der Waals surface area contributed by atoms with E-state index in [0.29, 0.717) is 6.42 Å². The second kappa shape index (κ2) is 13.1. The summed E-state index contributed by atoms with van der Waals surface area (Å²) in [6.45, 7) is 4.24. The van der Waals surface area contributed by atoms with Crippen LogP contribution >= 0.6 is 7.75 Å². The number of aromatic nitrogens is 2. The van der Waals surface area contributed by atoms with Crippen molar-refractivity contribution in [2.75, 3.05) is 13.2 Å². The largest absolute Gasteiger partial charge is 0.465 e. The molecule has 0 aliphatic carbocycles. The number of unbranched alkanes of at least 4 members (excludes halogenated alkanes) is 1. The van der Waals surface area contributed by atoms with Crippen LogP contribution in [0.5, 0.6) is 5.75 Å². The van der Waals surface area contributed by atoms with Crippen molar-refractivity contribution in [1.29, 1.82) is 0 Å². The minimum atomic E-state index is -4.40. The number of aliphatic hydroxyl groups is 1. The highest BCUT2D eigenvalue weighted by Gasteiger charge is 2.55. The number of esters is 1. The summed E-state index contributed by atoms with van der Waals surface area (Å²) in [5.41, 5.74) is 5.63. The Kier molecular flexibility index (Phi) is 10.1. The van der Waals surface area contributed by atoms with E-state index in [1.54, 1.807) is 18.2 Å². The van der Waals surface area contributed by atoms with E-state index < -0.39 is 61.6 Å². The number of para-hydroxylation sites is 1. The van der Waals surface area contributed by atoms with Crippen molar-refractivity contribution < 1.29 is 33.0 Å². The zero-order chi connectivity index (χ0) is 28.6. The molecule has 212 valence electrons. The number of aliphatic hydroxyl groups excluding tert-OH is 1. The molecular weight excluding hydrogens is 535 g/mol. The number of hydrogen-bond donors (Lipinski definition) is 3. The summed E-state index contributed by atoms with van der Waals surface area (Å²) in [7, 11) is -4.40.